The van der Waals surface area contributed by atoms with Crippen molar-refractivity contribution in [2.75, 3.05) is 19.0 Å². The van der Waals surface area contributed by atoms with Crippen LogP contribution in [0.5, 0.6) is 5.75 Å². The molecule has 0 unspecified atom stereocenters. The second-order valence-corrected chi connectivity index (χ2v) is 2.82. The van der Waals surface area contributed by atoms with Crippen LogP contribution in [0.4, 0.5) is 10.1 Å². The van der Waals surface area contributed by atoms with Crippen molar-refractivity contribution in [3.05, 3.63) is 23.5 Å². The third-order valence-corrected chi connectivity index (χ3v) is 2.09. The van der Waals surface area contributed by atoms with E-state index in [2.05, 4.69) is 5.32 Å². The molecule has 0 aromatic heterocycles. The van der Waals surface area contributed by atoms with Crippen LogP contribution in [0.15, 0.2) is 12.1 Å². The van der Waals surface area contributed by atoms with E-state index >= 15 is 0 Å². The highest BCUT2D eigenvalue weighted by atomic mass is 19.1. The Hall–Kier alpha value is -1.25. The first-order valence-corrected chi connectivity index (χ1v) is 3.91. The molecule has 1 aromatic carbocycles. The average molecular weight is 167 g/mol. The van der Waals surface area contributed by atoms with Crippen molar-refractivity contribution < 1.29 is 9.13 Å². The SMILES string of the molecule is COc1cc2c(cc1F)CCN2. The fourth-order valence-corrected chi connectivity index (χ4v) is 1.45. The van der Waals surface area contributed by atoms with E-state index in [0.717, 1.165) is 24.2 Å². The van der Waals surface area contributed by atoms with Crippen molar-refractivity contribution in [3.63, 3.8) is 0 Å². The molecule has 64 valence electrons. The molecule has 3 heteroatoms. The zero-order chi connectivity index (χ0) is 8.55. The smallest absolute Gasteiger partial charge is 0.165 e. The lowest BCUT2D eigenvalue weighted by molar-refractivity contribution is 0.386. The Labute approximate surface area is 70.3 Å². The van der Waals surface area contributed by atoms with Crippen LogP contribution in [0.3, 0.4) is 0 Å². The third-order valence-electron chi connectivity index (χ3n) is 2.09. The van der Waals surface area contributed by atoms with E-state index in [1.54, 1.807) is 6.07 Å². The number of ether oxygens (including phenoxy) is 1. The number of rotatable bonds is 1. The van der Waals surface area contributed by atoms with Gasteiger partial charge in [-0.05, 0) is 18.1 Å². The number of nitrogens with one attached hydrogen (secondary N) is 1. The van der Waals surface area contributed by atoms with Crippen LogP contribution in [-0.4, -0.2) is 13.7 Å². The Balaban J connectivity index is 2.49. The van der Waals surface area contributed by atoms with E-state index < -0.39 is 0 Å². The van der Waals surface area contributed by atoms with E-state index in [9.17, 15) is 4.39 Å². The highest BCUT2D eigenvalue weighted by Gasteiger charge is 2.13. The summed E-state index contributed by atoms with van der Waals surface area (Å²) in [5, 5.41) is 3.16. The Morgan fingerprint density at radius 1 is 1.50 bits per heavy atom. The molecule has 2 rings (SSSR count). The summed E-state index contributed by atoms with van der Waals surface area (Å²) < 4.78 is 17.9. The summed E-state index contributed by atoms with van der Waals surface area (Å²) in [7, 11) is 1.47. The van der Waals surface area contributed by atoms with Gasteiger partial charge in [-0.15, -0.1) is 0 Å². The molecule has 1 aliphatic heterocycles. The number of halogens is 1. The number of anilines is 1. The van der Waals surface area contributed by atoms with E-state index in [1.807, 2.05) is 0 Å². The molecule has 0 fully saturated rings. The molecule has 2 nitrogen and oxygen atoms in total. The second-order valence-electron chi connectivity index (χ2n) is 2.82. The van der Waals surface area contributed by atoms with E-state index in [-0.39, 0.29) is 5.82 Å². The molecule has 0 atom stereocenters. The fourth-order valence-electron chi connectivity index (χ4n) is 1.45. The largest absolute Gasteiger partial charge is 0.494 e. The Morgan fingerprint density at radius 2 is 2.33 bits per heavy atom. The lowest BCUT2D eigenvalue weighted by Crippen LogP contribution is -1.92. The molecule has 0 saturated heterocycles. The highest BCUT2D eigenvalue weighted by molar-refractivity contribution is 5.59. The van der Waals surface area contributed by atoms with Gasteiger partial charge in [0.25, 0.3) is 0 Å². The summed E-state index contributed by atoms with van der Waals surface area (Å²) in [5.74, 6) is 0.0306. The van der Waals surface area contributed by atoms with Gasteiger partial charge in [-0.1, -0.05) is 0 Å². The fraction of sp³-hybridized carbons (Fsp3) is 0.333. The molecule has 0 spiro atoms. The summed E-state index contributed by atoms with van der Waals surface area (Å²) in [4.78, 5) is 0. The Kier molecular flexibility index (Phi) is 1.64. The maximum Gasteiger partial charge on any atom is 0.165 e. The van der Waals surface area contributed by atoms with Gasteiger partial charge in [0, 0.05) is 18.3 Å². The van der Waals surface area contributed by atoms with Gasteiger partial charge in [-0.25, -0.2) is 4.39 Å². The second kappa shape index (κ2) is 2.66. The van der Waals surface area contributed by atoms with Crippen LogP contribution >= 0.6 is 0 Å². The maximum atomic E-state index is 13.1. The van der Waals surface area contributed by atoms with Crippen LogP contribution in [0.2, 0.25) is 0 Å². The van der Waals surface area contributed by atoms with Gasteiger partial charge in [0.1, 0.15) is 0 Å². The molecule has 0 aliphatic carbocycles. The first-order chi connectivity index (χ1) is 5.81. The summed E-state index contributed by atoms with van der Waals surface area (Å²) in [6, 6.07) is 3.24. The molecule has 1 heterocycles. The maximum absolute atomic E-state index is 13.1. The van der Waals surface area contributed by atoms with Crippen molar-refractivity contribution in [2.45, 2.75) is 6.42 Å². The molecule has 0 bridgehead atoms. The van der Waals surface area contributed by atoms with Crippen LogP contribution < -0.4 is 10.1 Å². The van der Waals surface area contributed by atoms with Gasteiger partial charge in [-0.2, -0.15) is 0 Å². The molecular formula is C9H10FNO. The molecule has 1 N–H and O–H groups in total. The van der Waals surface area contributed by atoms with Gasteiger partial charge in [0.2, 0.25) is 0 Å². The molecule has 0 radical (unpaired) electrons. The molecule has 1 aliphatic rings. The number of benzene rings is 1. The Morgan fingerprint density at radius 3 is 3.08 bits per heavy atom. The third kappa shape index (κ3) is 1.02. The van der Waals surface area contributed by atoms with Crippen molar-refractivity contribution >= 4 is 5.69 Å². The molecule has 0 saturated carbocycles. The number of hydrogen-bond donors (Lipinski definition) is 1. The van der Waals surface area contributed by atoms with E-state index in [1.165, 1.54) is 13.2 Å². The minimum atomic E-state index is -0.278. The van der Waals surface area contributed by atoms with E-state index in [0.29, 0.717) is 5.75 Å². The lowest BCUT2D eigenvalue weighted by Gasteiger charge is -2.04. The van der Waals surface area contributed by atoms with Crippen molar-refractivity contribution in [2.24, 2.45) is 0 Å². The zero-order valence-electron chi connectivity index (χ0n) is 6.86. The van der Waals surface area contributed by atoms with Gasteiger partial charge >= 0.3 is 0 Å². The van der Waals surface area contributed by atoms with Crippen LogP contribution in [-0.2, 0) is 6.42 Å². The average Bonchev–Trinajstić information content (AvgIpc) is 2.49. The van der Waals surface area contributed by atoms with Gasteiger partial charge in [0.15, 0.2) is 11.6 Å². The van der Waals surface area contributed by atoms with Crippen molar-refractivity contribution in [1.29, 1.82) is 0 Å². The van der Waals surface area contributed by atoms with Gasteiger partial charge in [-0.3, -0.25) is 0 Å². The number of methoxy groups -OCH3 is 1. The minimum Gasteiger partial charge on any atom is -0.494 e. The number of fused-ring (bicyclic) bond motifs is 1. The summed E-state index contributed by atoms with van der Waals surface area (Å²) >= 11 is 0. The predicted molar refractivity (Wildman–Crippen MR) is 45.1 cm³/mol. The minimum absolute atomic E-state index is 0.278. The topological polar surface area (TPSA) is 21.3 Å². The highest BCUT2D eigenvalue weighted by Crippen LogP contribution is 2.29. The lowest BCUT2D eigenvalue weighted by atomic mass is 10.1. The molecule has 0 amide bonds. The summed E-state index contributed by atoms with van der Waals surface area (Å²) in [5.41, 5.74) is 2.03. The Bertz CT molecular complexity index is 311. The molecular weight excluding hydrogens is 157 g/mol. The van der Waals surface area contributed by atoms with Crippen LogP contribution in [0, 0.1) is 5.82 Å². The summed E-state index contributed by atoms with van der Waals surface area (Å²) in [6.07, 6.45) is 0.899. The van der Waals surface area contributed by atoms with Gasteiger partial charge < -0.3 is 10.1 Å². The quantitative estimate of drug-likeness (QED) is 0.688. The monoisotopic (exact) mass is 167 g/mol. The standard InChI is InChI=1S/C9H10FNO/c1-12-9-5-8-6(2-3-11-8)4-7(9)10/h4-5,11H,2-3H2,1H3. The first-order valence-electron chi connectivity index (χ1n) is 3.91. The predicted octanol–water partition coefficient (Wildman–Crippen LogP) is 1.80. The molecule has 12 heavy (non-hydrogen) atoms. The van der Waals surface area contributed by atoms with Crippen molar-refractivity contribution in [3.8, 4) is 5.75 Å². The normalized spacial score (nSPS) is 13.8. The zero-order valence-corrected chi connectivity index (χ0v) is 6.86. The van der Waals surface area contributed by atoms with Crippen LogP contribution in [0.25, 0.3) is 0 Å². The molecule has 1 aromatic rings. The van der Waals surface area contributed by atoms with Gasteiger partial charge in [0.05, 0.1) is 7.11 Å². The summed E-state index contributed by atoms with van der Waals surface area (Å²) in [6.45, 7) is 0.891. The van der Waals surface area contributed by atoms with E-state index in [4.69, 9.17) is 4.74 Å². The van der Waals surface area contributed by atoms with Crippen molar-refractivity contribution in [1.82, 2.24) is 0 Å². The first kappa shape index (κ1) is 7.40. The number of hydrogen-bond acceptors (Lipinski definition) is 2. The van der Waals surface area contributed by atoms with Crippen LogP contribution in [0.1, 0.15) is 5.56 Å².